The quantitative estimate of drug-likeness (QED) is 0.815. The van der Waals surface area contributed by atoms with Crippen LogP contribution in [0.5, 0.6) is 0 Å². The van der Waals surface area contributed by atoms with Crippen molar-refractivity contribution in [1.29, 1.82) is 5.26 Å². The van der Waals surface area contributed by atoms with Gasteiger partial charge in [-0.3, -0.25) is 0 Å². The van der Waals surface area contributed by atoms with Gasteiger partial charge in [0, 0.05) is 0 Å². The zero-order chi connectivity index (χ0) is 12.4. The van der Waals surface area contributed by atoms with Crippen LogP contribution in [0.4, 0.5) is 0 Å². The van der Waals surface area contributed by atoms with Gasteiger partial charge < -0.3 is 0 Å². The number of aromatic nitrogens is 4. The third-order valence-corrected chi connectivity index (χ3v) is 2.70. The summed E-state index contributed by atoms with van der Waals surface area (Å²) in [6, 6.07) is 5.64. The Morgan fingerprint density at radius 2 is 2.18 bits per heavy atom. The first-order valence-electron chi connectivity index (χ1n) is 5.15. The molecule has 0 aliphatic carbocycles. The fourth-order valence-corrected chi connectivity index (χ4v) is 1.73. The van der Waals surface area contributed by atoms with Gasteiger partial charge in [0.25, 0.3) is 0 Å². The van der Waals surface area contributed by atoms with E-state index in [1.165, 1.54) is 4.68 Å². The van der Waals surface area contributed by atoms with E-state index < -0.39 is 0 Å². The van der Waals surface area contributed by atoms with E-state index in [1.54, 1.807) is 6.07 Å². The molecule has 0 aliphatic heterocycles. The van der Waals surface area contributed by atoms with Crippen molar-refractivity contribution >= 4 is 11.6 Å². The lowest BCUT2D eigenvalue weighted by atomic mass is 10.2. The topological polar surface area (TPSA) is 67.4 Å². The van der Waals surface area contributed by atoms with E-state index in [2.05, 4.69) is 21.4 Å². The number of nitriles is 1. The molecule has 0 bridgehead atoms. The maximum absolute atomic E-state index is 9.01. The minimum atomic E-state index is 0.280. The molecule has 0 atom stereocenters. The summed E-state index contributed by atoms with van der Waals surface area (Å²) in [4.78, 5) is 0. The molecule has 0 saturated carbocycles. The Labute approximate surface area is 104 Å². The highest BCUT2D eigenvalue weighted by molar-refractivity contribution is 6.31. The first-order chi connectivity index (χ1) is 8.17. The lowest BCUT2D eigenvalue weighted by Gasteiger charge is -2.00. The highest BCUT2D eigenvalue weighted by atomic mass is 35.5. The molecule has 5 nitrogen and oxygen atoms in total. The van der Waals surface area contributed by atoms with E-state index in [4.69, 9.17) is 16.9 Å². The molecule has 0 aromatic carbocycles. The third kappa shape index (κ3) is 1.99. The summed E-state index contributed by atoms with van der Waals surface area (Å²) < 4.78 is 1.44. The van der Waals surface area contributed by atoms with Gasteiger partial charge in [0.15, 0.2) is 11.0 Å². The monoisotopic (exact) mass is 247 g/mol. The van der Waals surface area contributed by atoms with Crippen LogP contribution in [-0.2, 0) is 6.42 Å². The molecular formula is C11H10ClN5. The first kappa shape index (κ1) is 11.6. The van der Waals surface area contributed by atoms with Crippen molar-refractivity contribution in [2.45, 2.75) is 20.3 Å². The molecule has 0 saturated heterocycles. The highest BCUT2D eigenvalue weighted by Gasteiger charge is 2.16. The minimum absolute atomic E-state index is 0.280. The predicted octanol–water partition coefficient (Wildman–Crippen LogP) is 2.06. The second-order valence-electron chi connectivity index (χ2n) is 3.52. The van der Waals surface area contributed by atoms with E-state index in [-0.39, 0.29) is 5.15 Å². The Morgan fingerprint density at radius 3 is 2.65 bits per heavy atom. The average Bonchev–Trinajstić information content (AvgIpc) is 2.66. The van der Waals surface area contributed by atoms with Crippen molar-refractivity contribution in [3.05, 3.63) is 34.2 Å². The van der Waals surface area contributed by atoms with Crippen LogP contribution in [0.15, 0.2) is 12.1 Å². The molecule has 0 aliphatic rings. The van der Waals surface area contributed by atoms with E-state index in [1.807, 2.05) is 19.9 Å². The molecule has 6 heteroatoms. The van der Waals surface area contributed by atoms with Crippen molar-refractivity contribution in [2.75, 3.05) is 0 Å². The Balaban J connectivity index is 2.57. The summed E-state index contributed by atoms with van der Waals surface area (Å²) in [6.07, 6.45) is 0.648. The Morgan fingerprint density at radius 1 is 1.41 bits per heavy atom. The highest BCUT2D eigenvalue weighted by Crippen LogP contribution is 2.22. The van der Waals surface area contributed by atoms with Crippen molar-refractivity contribution < 1.29 is 0 Å². The smallest absolute Gasteiger partial charge is 0.177 e. The van der Waals surface area contributed by atoms with E-state index in [0.29, 0.717) is 23.5 Å². The minimum Gasteiger partial charge on any atom is -0.200 e. The molecule has 17 heavy (non-hydrogen) atoms. The number of nitrogens with zero attached hydrogens (tertiary/aromatic N) is 5. The Hall–Kier alpha value is -1.93. The number of rotatable bonds is 2. The lowest BCUT2D eigenvalue weighted by molar-refractivity contribution is 0.786. The zero-order valence-electron chi connectivity index (χ0n) is 9.48. The summed E-state index contributed by atoms with van der Waals surface area (Å²) in [6.45, 7) is 3.77. The van der Waals surface area contributed by atoms with Crippen LogP contribution in [0.2, 0.25) is 5.15 Å². The maximum Gasteiger partial charge on any atom is 0.177 e. The van der Waals surface area contributed by atoms with Gasteiger partial charge in [-0.1, -0.05) is 18.5 Å². The van der Waals surface area contributed by atoms with Crippen LogP contribution in [0, 0.1) is 18.3 Å². The fourth-order valence-electron chi connectivity index (χ4n) is 1.45. The van der Waals surface area contributed by atoms with Gasteiger partial charge in [0.05, 0.1) is 11.4 Å². The van der Waals surface area contributed by atoms with Gasteiger partial charge in [-0.2, -0.15) is 15.5 Å². The van der Waals surface area contributed by atoms with Gasteiger partial charge in [0.2, 0.25) is 0 Å². The second kappa shape index (κ2) is 4.52. The largest absolute Gasteiger partial charge is 0.200 e. The van der Waals surface area contributed by atoms with E-state index in [9.17, 15) is 0 Å². The van der Waals surface area contributed by atoms with Crippen LogP contribution in [0.1, 0.15) is 23.9 Å². The summed E-state index contributed by atoms with van der Waals surface area (Å²) in [5, 5.41) is 21.5. The van der Waals surface area contributed by atoms with Crippen molar-refractivity contribution in [1.82, 2.24) is 20.0 Å². The summed E-state index contributed by atoms with van der Waals surface area (Å²) in [5.74, 6) is 0.511. The number of hydrogen-bond acceptors (Lipinski definition) is 4. The SMILES string of the molecule is CCc1nn(-c2ccc(C)nn2)c(Cl)c1C#N. The number of halogens is 1. The van der Waals surface area contributed by atoms with Crippen LogP contribution in [0.25, 0.3) is 5.82 Å². The summed E-state index contributed by atoms with van der Waals surface area (Å²) >= 11 is 6.09. The molecule has 2 aromatic rings. The third-order valence-electron chi connectivity index (χ3n) is 2.35. The van der Waals surface area contributed by atoms with Gasteiger partial charge in [0.1, 0.15) is 11.6 Å². The number of hydrogen-bond donors (Lipinski definition) is 0. The van der Waals surface area contributed by atoms with E-state index in [0.717, 1.165) is 5.69 Å². The van der Waals surface area contributed by atoms with Crippen LogP contribution < -0.4 is 0 Å². The molecule has 0 unspecified atom stereocenters. The van der Waals surface area contributed by atoms with Crippen molar-refractivity contribution in [3.8, 4) is 11.9 Å². The molecule has 2 rings (SSSR count). The fraction of sp³-hybridized carbons (Fsp3) is 0.273. The maximum atomic E-state index is 9.01. The Bertz CT molecular complexity index is 579. The average molecular weight is 248 g/mol. The molecule has 0 radical (unpaired) electrons. The van der Waals surface area contributed by atoms with Crippen LogP contribution in [-0.4, -0.2) is 20.0 Å². The molecule has 2 heterocycles. The molecule has 0 amide bonds. The van der Waals surface area contributed by atoms with Gasteiger partial charge in [-0.25, -0.2) is 4.68 Å². The molecule has 0 N–H and O–H groups in total. The normalized spacial score (nSPS) is 10.2. The molecule has 0 spiro atoms. The molecule has 86 valence electrons. The van der Waals surface area contributed by atoms with Crippen LogP contribution >= 0.6 is 11.6 Å². The van der Waals surface area contributed by atoms with Gasteiger partial charge in [-0.05, 0) is 25.5 Å². The number of aryl methyl sites for hydroxylation is 2. The van der Waals surface area contributed by atoms with E-state index >= 15 is 0 Å². The van der Waals surface area contributed by atoms with Gasteiger partial charge >= 0.3 is 0 Å². The summed E-state index contributed by atoms with van der Waals surface area (Å²) in [7, 11) is 0. The second-order valence-corrected chi connectivity index (χ2v) is 3.88. The Kier molecular flexibility index (Phi) is 3.07. The molecular weight excluding hydrogens is 238 g/mol. The van der Waals surface area contributed by atoms with Gasteiger partial charge in [-0.15, -0.1) is 5.10 Å². The predicted molar refractivity (Wildman–Crippen MR) is 63.0 cm³/mol. The zero-order valence-corrected chi connectivity index (χ0v) is 10.2. The molecule has 0 fully saturated rings. The van der Waals surface area contributed by atoms with Crippen LogP contribution in [0.3, 0.4) is 0 Å². The summed E-state index contributed by atoms with van der Waals surface area (Å²) in [5.41, 5.74) is 1.88. The molecule has 2 aromatic heterocycles. The standard InChI is InChI=1S/C11H10ClN5/c1-3-9-8(6-13)11(12)17(16-9)10-5-4-7(2)14-15-10/h4-5H,3H2,1-2H3. The van der Waals surface area contributed by atoms with Crippen molar-refractivity contribution in [3.63, 3.8) is 0 Å². The van der Waals surface area contributed by atoms with Crippen molar-refractivity contribution in [2.24, 2.45) is 0 Å². The first-order valence-corrected chi connectivity index (χ1v) is 5.53. The lowest BCUT2D eigenvalue weighted by Crippen LogP contribution is -2.02.